The van der Waals surface area contributed by atoms with Crippen LogP contribution in [0, 0.1) is 5.92 Å². The summed E-state index contributed by atoms with van der Waals surface area (Å²) in [5, 5.41) is 0. The smallest absolute Gasteiger partial charge is 0.317 e. The molecular formula is C8H20NO3P. The van der Waals surface area contributed by atoms with E-state index in [4.69, 9.17) is 14.8 Å². The van der Waals surface area contributed by atoms with E-state index in [2.05, 4.69) is 0 Å². The van der Waals surface area contributed by atoms with Gasteiger partial charge in [0, 0.05) is 0 Å². The van der Waals surface area contributed by atoms with E-state index < -0.39 is 13.4 Å². The van der Waals surface area contributed by atoms with Gasteiger partial charge in [-0.05, 0) is 19.8 Å². The van der Waals surface area contributed by atoms with Gasteiger partial charge in [-0.2, -0.15) is 0 Å². The van der Waals surface area contributed by atoms with E-state index >= 15 is 0 Å². The van der Waals surface area contributed by atoms with Crippen molar-refractivity contribution in [3.05, 3.63) is 0 Å². The number of nitrogens with two attached hydrogens (primary N) is 1. The van der Waals surface area contributed by atoms with Gasteiger partial charge in [0.05, 0.1) is 13.2 Å². The summed E-state index contributed by atoms with van der Waals surface area (Å²) >= 11 is 0. The SMILES string of the molecule is CCOP(=O)(OCC)[C@@H](N)C(C)C. The summed E-state index contributed by atoms with van der Waals surface area (Å²) in [6.45, 7) is 8.07. The zero-order valence-electron chi connectivity index (χ0n) is 8.82. The molecule has 0 rings (SSSR count). The molecule has 0 aromatic rings. The van der Waals surface area contributed by atoms with Gasteiger partial charge in [0.25, 0.3) is 0 Å². The molecule has 5 heteroatoms. The average molecular weight is 209 g/mol. The van der Waals surface area contributed by atoms with Crippen LogP contribution in [0.1, 0.15) is 27.7 Å². The Morgan fingerprint density at radius 3 is 1.85 bits per heavy atom. The van der Waals surface area contributed by atoms with Crippen molar-refractivity contribution in [2.75, 3.05) is 13.2 Å². The van der Waals surface area contributed by atoms with E-state index in [1.165, 1.54) is 0 Å². The first kappa shape index (κ1) is 13.1. The zero-order chi connectivity index (χ0) is 10.5. The van der Waals surface area contributed by atoms with E-state index in [1.807, 2.05) is 13.8 Å². The molecule has 0 aliphatic heterocycles. The Labute approximate surface area is 80.3 Å². The summed E-state index contributed by atoms with van der Waals surface area (Å²) in [6.07, 6.45) is 0. The lowest BCUT2D eigenvalue weighted by Crippen LogP contribution is -2.28. The Morgan fingerprint density at radius 1 is 1.23 bits per heavy atom. The molecule has 0 unspecified atom stereocenters. The molecule has 80 valence electrons. The number of rotatable bonds is 6. The van der Waals surface area contributed by atoms with E-state index in [-0.39, 0.29) is 5.92 Å². The van der Waals surface area contributed by atoms with Crippen LogP contribution in [-0.2, 0) is 13.6 Å². The van der Waals surface area contributed by atoms with Gasteiger partial charge in [-0.3, -0.25) is 4.57 Å². The second-order valence-corrected chi connectivity index (χ2v) is 5.30. The van der Waals surface area contributed by atoms with Crippen LogP contribution in [0.2, 0.25) is 0 Å². The summed E-state index contributed by atoms with van der Waals surface area (Å²) < 4.78 is 22.2. The predicted octanol–water partition coefficient (Wildman–Crippen LogP) is 2.19. The largest absolute Gasteiger partial charge is 0.347 e. The van der Waals surface area contributed by atoms with Crippen molar-refractivity contribution in [1.82, 2.24) is 0 Å². The molecule has 0 saturated carbocycles. The first-order valence-electron chi connectivity index (χ1n) is 4.62. The average Bonchev–Trinajstić information content (AvgIpc) is 2.03. The van der Waals surface area contributed by atoms with Crippen molar-refractivity contribution >= 4 is 7.60 Å². The molecule has 0 spiro atoms. The maximum atomic E-state index is 12.0. The molecule has 0 amide bonds. The summed E-state index contributed by atoms with van der Waals surface area (Å²) in [6, 6.07) is 0. The summed E-state index contributed by atoms with van der Waals surface area (Å²) in [5.41, 5.74) is 5.75. The van der Waals surface area contributed by atoms with Crippen LogP contribution >= 0.6 is 7.60 Å². The first-order valence-corrected chi connectivity index (χ1v) is 6.23. The standard InChI is InChI=1S/C8H20NO3P/c1-5-11-13(10,12-6-2)8(9)7(3)4/h7-8H,5-6,9H2,1-4H3/t8-/m1/s1. The van der Waals surface area contributed by atoms with Crippen LogP contribution in [0.3, 0.4) is 0 Å². The quantitative estimate of drug-likeness (QED) is 0.681. The maximum absolute atomic E-state index is 12.0. The van der Waals surface area contributed by atoms with Gasteiger partial charge in [0.1, 0.15) is 5.78 Å². The summed E-state index contributed by atoms with van der Waals surface area (Å²) in [4.78, 5) is 0. The van der Waals surface area contributed by atoms with Gasteiger partial charge in [-0.15, -0.1) is 0 Å². The normalized spacial score (nSPS) is 14.9. The highest BCUT2D eigenvalue weighted by atomic mass is 31.2. The van der Waals surface area contributed by atoms with Crippen molar-refractivity contribution in [1.29, 1.82) is 0 Å². The fourth-order valence-corrected chi connectivity index (χ4v) is 2.80. The van der Waals surface area contributed by atoms with Crippen molar-refractivity contribution in [3.63, 3.8) is 0 Å². The molecule has 0 bridgehead atoms. The van der Waals surface area contributed by atoms with Gasteiger partial charge in [0.2, 0.25) is 0 Å². The van der Waals surface area contributed by atoms with Crippen molar-refractivity contribution in [2.45, 2.75) is 33.5 Å². The van der Waals surface area contributed by atoms with Gasteiger partial charge < -0.3 is 14.8 Å². The minimum atomic E-state index is -3.09. The molecule has 0 radical (unpaired) electrons. The van der Waals surface area contributed by atoms with Gasteiger partial charge >= 0.3 is 7.60 Å². The third-order valence-corrected chi connectivity index (χ3v) is 4.23. The molecule has 13 heavy (non-hydrogen) atoms. The van der Waals surface area contributed by atoms with Gasteiger partial charge in [-0.1, -0.05) is 13.8 Å². The highest BCUT2D eigenvalue weighted by molar-refractivity contribution is 7.54. The lowest BCUT2D eigenvalue weighted by Gasteiger charge is -2.25. The maximum Gasteiger partial charge on any atom is 0.347 e. The molecule has 4 nitrogen and oxygen atoms in total. The predicted molar refractivity (Wildman–Crippen MR) is 53.7 cm³/mol. The molecule has 0 aromatic heterocycles. The Hall–Kier alpha value is 0.110. The van der Waals surface area contributed by atoms with E-state index in [0.717, 1.165) is 0 Å². The van der Waals surface area contributed by atoms with Crippen molar-refractivity contribution in [2.24, 2.45) is 11.7 Å². The second kappa shape index (κ2) is 5.76. The summed E-state index contributed by atoms with van der Waals surface area (Å²) in [5.74, 6) is -0.448. The monoisotopic (exact) mass is 209 g/mol. The van der Waals surface area contributed by atoms with Crippen LogP contribution in [-0.4, -0.2) is 19.0 Å². The van der Waals surface area contributed by atoms with Crippen LogP contribution in [0.5, 0.6) is 0 Å². The lowest BCUT2D eigenvalue weighted by molar-refractivity contribution is 0.206. The third kappa shape index (κ3) is 3.77. The van der Waals surface area contributed by atoms with E-state index in [0.29, 0.717) is 13.2 Å². The molecule has 2 N–H and O–H groups in total. The zero-order valence-corrected chi connectivity index (χ0v) is 9.71. The summed E-state index contributed by atoms with van der Waals surface area (Å²) in [7, 11) is -3.09. The van der Waals surface area contributed by atoms with Crippen molar-refractivity contribution < 1.29 is 13.6 Å². The molecule has 1 atom stereocenters. The Kier molecular flexibility index (Phi) is 5.81. The Balaban J connectivity index is 4.47. The number of hydrogen-bond donors (Lipinski definition) is 1. The van der Waals surface area contributed by atoms with Crippen molar-refractivity contribution in [3.8, 4) is 0 Å². The fraction of sp³-hybridized carbons (Fsp3) is 1.00. The highest BCUT2D eigenvalue weighted by Gasteiger charge is 2.34. The van der Waals surface area contributed by atoms with Gasteiger partial charge in [-0.25, -0.2) is 0 Å². The van der Waals surface area contributed by atoms with Crippen LogP contribution in [0.25, 0.3) is 0 Å². The first-order chi connectivity index (χ1) is 5.98. The number of hydrogen-bond acceptors (Lipinski definition) is 4. The van der Waals surface area contributed by atoms with Crippen LogP contribution in [0.15, 0.2) is 0 Å². The fourth-order valence-electron chi connectivity index (χ4n) is 0.934. The highest BCUT2D eigenvalue weighted by Crippen LogP contribution is 2.53. The van der Waals surface area contributed by atoms with Crippen LogP contribution in [0.4, 0.5) is 0 Å². The minimum Gasteiger partial charge on any atom is -0.317 e. The molecule has 0 aromatic carbocycles. The molecule has 0 aliphatic carbocycles. The topological polar surface area (TPSA) is 61.5 Å². The van der Waals surface area contributed by atoms with Crippen LogP contribution < -0.4 is 5.73 Å². The molecular weight excluding hydrogens is 189 g/mol. The molecule has 0 fully saturated rings. The Morgan fingerprint density at radius 2 is 1.62 bits per heavy atom. The second-order valence-electron chi connectivity index (χ2n) is 3.11. The minimum absolute atomic E-state index is 0.0870. The van der Waals surface area contributed by atoms with E-state index in [1.54, 1.807) is 13.8 Å². The molecule has 0 saturated heterocycles. The van der Waals surface area contributed by atoms with E-state index in [9.17, 15) is 4.57 Å². The third-order valence-electron chi connectivity index (χ3n) is 1.67. The molecule has 0 aliphatic rings. The lowest BCUT2D eigenvalue weighted by atomic mass is 10.2. The molecule has 0 heterocycles. The van der Waals surface area contributed by atoms with Gasteiger partial charge in [0.15, 0.2) is 0 Å². The Bertz CT molecular complexity index is 174.